The van der Waals surface area contributed by atoms with Gasteiger partial charge < -0.3 is 14.5 Å². The second-order valence-corrected chi connectivity index (χ2v) is 10.5. The van der Waals surface area contributed by atoms with Gasteiger partial charge in [0.25, 0.3) is 11.5 Å². The zero-order valence-electron chi connectivity index (χ0n) is 21.9. The number of rotatable bonds is 1. The number of benzene rings is 2. The molecule has 0 saturated carbocycles. The summed E-state index contributed by atoms with van der Waals surface area (Å²) in [6.45, 7) is 1.73. The van der Waals surface area contributed by atoms with Gasteiger partial charge in [0.2, 0.25) is 5.91 Å². The molecule has 5 heterocycles. The number of anilines is 1. The van der Waals surface area contributed by atoms with Crippen LogP contribution in [0.5, 0.6) is 5.75 Å². The van der Waals surface area contributed by atoms with E-state index in [-0.39, 0.29) is 29.6 Å². The number of hydrogen-bond donors (Lipinski definition) is 0. The minimum absolute atomic E-state index is 0.0850. The molecular weight excluding hydrogens is 510 g/mol. The van der Waals surface area contributed by atoms with Gasteiger partial charge in [-0.1, -0.05) is 35.5 Å². The number of para-hydroxylation sites is 1. The van der Waals surface area contributed by atoms with Crippen LogP contribution in [0, 0.1) is 0 Å². The fourth-order valence-electron chi connectivity index (χ4n) is 6.36. The summed E-state index contributed by atoms with van der Waals surface area (Å²) in [5.74, 6) is 0.239. The third-order valence-corrected chi connectivity index (χ3v) is 8.15. The Balaban J connectivity index is 1.42. The van der Waals surface area contributed by atoms with Crippen molar-refractivity contribution in [1.29, 1.82) is 0 Å². The first-order chi connectivity index (χ1) is 19.5. The zero-order chi connectivity index (χ0) is 27.4. The van der Waals surface area contributed by atoms with Crippen molar-refractivity contribution in [1.82, 2.24) is 29.7 Å². The Bertz CT molecular complexity index is 1710. The molecule has 2 amide bonds. The second kappa shape index (κ2) is 9.15. The molecule has 0 N–H and O–H groups in total. The maximum absolute atomic E-state index is 14.7. The molecule has 7 rings (SSSR count). The second-order valence-electron chi connectivity index (χ2n) is 10.5. The van der Waals surface area contributed by atoms with Gasteiger partial charge >= 0.3 is 0 Å². The predicted molar refractivity (Wildman–Crippen MR) is 144 cm³/mol. The Morgan fingerprint density at radius 1 is 1.05 bits per heavy atom. The summed E-state index contributed by atoms with van der Waals surface area (Å²) in [5.41, 5.74) is 1.99. The van der Waals surface area contributed by atoms with E-state index in [2.05, 4.69) is 15.4 Å². The SMILES string of the molecule is Cn1nc(C(=O)N2CC[C@]34C(=O)N(Cc5cn(nn5)CCCOc5cccc(c5)[C@H]23)c2ccccc24)ccc1=O. The average Bonchev–Trinajstić information content (AvgIpc) is 3.65. The van der Waals surface area contributed by atoms with Crippen molar-refractivity contribution in [3.8, 4) is 5.75 Å². The molecule has 2 aromatic carbocycles. The highest BCUT2D eigenvalue weighted by molar-refractivity contribution is 6.09. The van der Waals surface area contributed by atoms with Gasteiger partial charge in [-0.25, -0.2) is 4.68 Å². The topological polar surface area (TPSA) is 115 Å². The quantitative estimate of drug-likeness (QED) is 0.366. The molecule has 11 heteroatoms. The Morgan fingerprint density at radius 2 is 1.93 bits per heavy atom. The number of carbonyl (C=O) groups excluding carboxylic acids is 2. The zero-order valence-corrected chi connectivity index (χ0v) is 21.9. The van der Waals surface area contributed by atoms with Crippen LogP contribution in [0.4, 0.5) is 5.69 Å². The molecule has 6 bridgehead atoms. The van der Waals surface area contributed by atoms with Crippen molar-refractivity contribution in [2.45, 2.75) is 37.4 Å². The minimum Gasteiger partial charge on any atom is -0.494 e. The number of aryl methyl sites for hydroxylation is 2. The molecule has 1 saturated heterocycles. The highest BCUT2D eigenvalue weighted by Gasteiger charge is 2.61. The molecule has 4 aromatic rings. The summed E-state index contributed by atoms with van der Waals surface area (Å²) >= 11 is 0. The third-order valence-electron chi connectivity index (χ3n) is 8.15. The molecule has 0 radical (unpaired) electrons. The van der Waals surface area contributed by atoms with Gasteiger partial charge in [0.05, 0.1) is 25.4 Å². The van der Waals surface area contributed by atoms with Crippen molar-refractivity contribution in [2.24, 2.45) is 7.05 Å². The van der Waals surface area contributed by atoms with E-state index < -0.39 is 11.5 Å². The van der Waals surface area contributed by atoms with Crippen molar-refractivity contribution >= 4 is 17.5 Å². The molecule has 202 valence electrons. The number of hydrogen-bond acceptors (Lipinski definition) is 7. The van der Waals surface area contributed by atoms with E-state index in [9.17, 15) is 14.4 Å². The van der Waals surface area contributed by atoms with Crippen LogP contribution in [0.3, 0.4) is 0 Å². The predicted octanol–water partition coefficient (Wildman–Crippen LogP) is 2.23. The van der Waals surface area contributed by atoms with E-state index in [1.54, 1.807) is 14.5 Å². The largest absolute Gasteiger partial charge is 0.494 e. The van der Waals surface area contributed by atoms with Crippen LogP contribution in [0.15, 0.2) is 71.7 Å². The highest BCUT2D eigenvalue weighted by Crippen LogP contribution is 2.57. The fourth-order valence-corrected chi connectivity index (χ4v) is 6.36. The van der Waals surface area contributed by atoms with E-state index >= 15 is 0 Å². The summed E-state index contributed by atoms with van der Waals surface area (Å²) in [6.07, 6.45) is 3.03. The van der Waals surface area contributed by atoms with Crippen molar-refractivity contribution in [2.75, 3.05) is 18.1 Å². The highest BCUT2D eigenvalue weighted by atomic mass is 16.5. The monoisotopic (exact) mass is 537 g/mol. The first-order valence-corrected chi connectivity index (χ1v) is 13.3. The lowest BCUT2D eigenvalue weighted by Gasteiger charge is -2.35. The summed E-state index contributed by atoms with van der Waals surface area (Å²) in [5, 5.41) is 12.8. The van der Waals surface area contributed by atoms with E-state index in [1.807, 2.05) is 54.7 Å². The van der Waals surface area contributed by atoms with Gasteiger partial charge in [0.15, 0.2) is 0 Å². The van der Waals surface area contributed by atoms with Gasteiger partial charge in [0.1, 0.15) is 22.6 Å². The van der Waals surface area contributed by atoms with Crippen LogP contribution < -0.4 is 15.2 Å². The Morgan fingerprint density at radius 3 is 2.80 bits per heavy atom. The minimum atomic E-state index is -1.03. The molecule has 11 nitrogen and oxygen atoms in total. The van der Waals surface area contributed by atoms with Gasteiger partial charge in [-0.3, -0.25) is 19.1 Å². The average molecular weight is 538 g/mol. The van der Waals surface area contributed by atoms with Gasteiger partial charge in [-0.2, -0.15) is 5.10 Å². The summed E-state index contributed by atoms with van der Waals surface area (Å²) in [7, 11) is 1.51. The van der Waals surface area contributed by atoms with Gasteiger partial charge in [-0.15, -0.1) is 5.10 Å². The molecule has 0 aliphatic carbocycles. The van der Waals surface area contributed by atoms with E-state index in [1.165, 1.54) is 19.2 Å². The lowest BCUT2D eigenvalue weighted by molar-refractivity contribution is -0.124. The maximum Gasteiger partial charge on any atom is 0.274 e. The lowest BCUT2D eigenvalue weighted by Crippen LogP contribution is -2.45. The molecule has 0 unspecified atom stereocenters. The van der Waals surface area contributed by atoms with Crippen molar-refractivity contribution < 1.29 is 14.3 Å². The van der Waals surface area contributed by atoms with Crippen LogP contribution in [-0.2, 0) is 30.3 Å². The molecule has 3 aliphatic heterocycles. The van der Waals surface area contributed by atoms with E-state index in [4.69, 9.17) is 4.74 Å². The molecule has 2 atom stereocenters. The Kier molecular flexibility index (Phi) is 5.55. The number of carbonyl (C=O) groups is 2. The third kappa shape index (κ3) is 3.64. The van der Waals surface area contributed by atoms with Crippen LogP contribution in [0.2, 0.25) is 0 Å². The Hall–Kier alpha value is -4.80. The first kappa shape index (κ1) is 24.3. The van der Waals surface area contributed by atoms with Crippen LogP contribution in [0.1, 0.15) is 46.2 Å². The van der Waals surface area contributed by atoms with Crippen LogP contribution in [-0.4, -0.2) is 54.6 Å². The Labute approximate surface area is 229 Å². The fraction of sp³-hybridized carbons (Fsp3) is 0.310. The maximum atomic E-state index is 14.7. The number of ether oxygens (including phenoxy) is 1. The number of aromatic nitrogens is 5. The standard InChI is InChI=1S/C29H27N7O4/c1-33-25(37)11-10-23(31-33)27(38)35-14-12-29-22-8-2-3-9-24(22)36(28(29)39)18-20-17-34(32-30-20)13-5-15-40-21-7-4-6-19(16-21)26(29)35/h2-4,6-11,16-17,26H,5,12-15,18H2,1H3/t26-,29+/m0/s1. The molecule has 3 aliphatic rings. The van der Waals surface area contributed by atoms with Gasteiger partial charge in [0, 0.05) is 38.3 Å². The lowest BCUT2D eigenvalue weighted by atomic mass is 9.72. The van der Waals surface area contributed by atoms with Crippen LogP contribution >= 0.6 is 0 Å². The summed E-state index contributed by atoms with van der Waals surface area (Å²) in [6, 6.07) is 17.6. The smallest absolute Gasteiger partial charge is 0.274 e. The normalized spacial score (nSPS) is 21.7. The number of nitrogens with zero attached hydrogens (tertiary/aromatic N) is 7. The molecule has 1 fully saturated rings. The molecular formula is C29H27N7O4. The molecule has 40 heavy (non-hydrogen) atoms. The van der Waals surface area contributed by atoms with E-state index in [0.29, 0.717) is 37.6 Å². The van der Waals surface area contributed by atoms with Crippen molar-refractivity contribution in [3.63, 3.8) is 0 Å². The first-order valence-electron chi connectivity index (χ1n) is 13.3. The van der Waals surface area contributed by atoms with Gasteiger partial charge in [-0.05, 0) is 41.8 Å². The van der Waals surface area contributed by atoms with Crippen LogP contribution in [0.25, 0.3) is 0 Å². The summed E-state index contributed by atoms with van der Waals surface area (Å²) in [4.78, 5) is 44.2. The summed E-state index contributed by atoms with van der Waals surface area (Å²) < 4.78 is 9.01. The van der Waals surface area contributed by atoms with Crippen molar-refractivity contribution in [3.05, 3.63) is 99.7 Å². The number of fused-ring (bicyclic) bond motifs is 8. The number of likely N-dealkylation sites (tertiary alicyclic amines) is 1. The number of amides is 2. The molecule has 2 aromatic heterocycles. The van der Waals surface area contributed by atoms with E-state index in [0.717, 1.165) is 27.9 Å². The molecule has 1 spiro atoms.